The van der Waals surface area contributed by atoms with Crippen LogP contribution in [0, 0.1) is 10.1 Å². The summed E-state index contributed by atoms with van der Waals surface area (Å²) < 4.78 is 1.72. The summed E-state index contributed by atoms with van der Waals surface area (Å²) in [7, 11) is 0. The van der Waals surface area contributed by atoms with E-state index < -0.39 is 4.92 Å². The fourth-order valence-electron chi connectivity index (χ4n) is 1.76. The summed E-state index contributed by atoms with van der Waals surface area (Å²) in [6.45, 7) is 2.03. The van der Waals surface area contributed by atoms with E-state index in [1.165, 1.54) is 12.1 Å². The minimum Gasteiger partial charge on any atom is -0.308 e. The second-order valence-electron chi connectivity index (χ2n) is 3.93. The van der Waals surface area contributed by atoms with Gasteiger partial charge in [-0.3, -0.25) is 14.7 Å². The Balaban J connectivity index is 2.51. The van der Waals surface area contributed by atoms with Gasteiger partial charge in [-0.15, -0.1) is 0 Å². The third kappa shape index (κ3) is 2.68. The number of nitro groups is 1. The summed E-state index contributed by atoms with van der Waals surface area (Å²) in [5.41, 5.74) is 2.25. The Kier molecular flexibility index (Phi) is 3.71. The lowest BCUT2D eigenvalue weighted by molar-refractivity contribution is -0.384. The summed E-state index contributed by atoms with van der Waals surface area (Å²) in [5.74, 6) is 6.74. The van der Waals surface area contributed by atoms with Gasteiger partial charge in [-0.2, -0.15) is 0 Å². The average Bonchev–Trinajstić information content (AvgIpc) is 2.87. The van der Waals surface area contributed by atoms with Crippen LogP contribution in [0.2, 0.25) is 0 Å². The molecule has 2 rings (SSSR count). The normalized spacial score (nSPS) is 10.4. The number of anilines is 1. The Labute approximate surface area is 109 Å². The number of aryl methyl sites for hydroxylation is 1. The van der Waals surface area contributed by atoms with Crippen LogP contribution in [-0.4, -0.2) is 19.5 Å². The molecule has 8 heteroatoms. The van der Waals surface area contributed by atoms with E-state index in [9.17, 15) is 10.1 Å². The highest BCUT2D eigenvalue weighted by Gasteiger charge is 2.13. The topological polar surface area (TPSA) is 112 Å². The zero-order valence-corrected chi connectivity index (χ0v) is 10.4. The lowest BCUT2D eigenvalue weighted by Crippen LogP contribution is -2.11. The van der Waals surface area contributed by atoms with Crippen LogP contribution in [0.15, 0.2) is 24.5 Å². The van der Waals surface area contributed by atoms with E-state index in [-0.39, 0.29) is 11.5 Å². The number of rotatable bonds is 5. The largest absolute Gasteiger partial charge is 0.308 e. The number of nitrogen functional groups attached to an aromatic ring is 1. The first-order valence-electron chi connectivity index (χ1n) is 5.81. The number of hydrogen-bond donors (Lipinski definition) is 2. The van der Waals surface area contributed by atoms with E-state index in [0.717, 1.165) is 18.7 Å². The SMILES string of the molecule is CCCc1nccn1-c1cc([N+](=O)[O-])cc(NN)n1. The molecule has 0 spiro atoms. The predicted octanol–water partition coefficient (Wildman–Crippen LogP) is 1.41. The third-order valence-corrected chi connectivity index (χ3v) is 2.59. The highest BCUT2D eigenvalue weighted by molar-refractivity contribution is 5.50. The maximum Gasteiger partial charge on any atom is 0.276 e. The van der Waals surface area contributed by atoms with Crippen molar-refractivity contribution in [2.45, 2.75) is 19.8 Å². The predicted molar refractivity (Wildman–Crippen MR) is 69.8 cm³/mol. The first-order chi connectivity index (χ1) is 9.15. The second-order valence-corrected chi connectivity index (χ2v) is 3.93. The zero-order chi connectivity index (χ0) is 13.8. The Morgan fingerprint density at radius 1 is 1.53 bits per heavy atom. The van der Waals surface area contributed by atoms with Gasteiger partial charge in [-0.05, 0) is 6.42 Å². The van der Waals surface area contributed by atoms with E-state index in [2.05, 4.69) is 15.4 Å². The van der Waals surface area contributed by atoms with Gasteiger partial charge in [0.1, 0.15) is 17.5 Å². The van der Waals surface area contributed by atoms with Gasteiger partial charge in [0.2, 0.25) is 0 Å². The summed E-state index contributed by atoms with van der Waals surface area (Å²) >= 11 is 0. The van der Waals surface area contributed by atoms with Crippen molar-refractivity contribution in [3.8, 4) is 5.82 Å². The molecule has 3 N–H and O–H groups in total. The van der Waals surface area contributed by atoms with E-state index in [0.29, 0.717) is 5.82 Å². The van der Waals surface area contributed by atoms with Crippen LogP contribution in [0.1, 0.15) is 19.2 Å². The van der Waals surface area contributed by atoms with Crippen LogP contribution in [0.3, 0.4) is 0 Å². The average molecular weight is 262 g/mol. The molecular weight excluding hydrogens is 248 g/mol. The number of aromatic nitrogens is 3. The van der Waals surface area contributed by atoms with Crippen LogP contribution in [0.4, 0.5) is 11.5 Å². The Hall–Kier alpha value is -2.48. The molecule has 100 valence electrons. The van der Waals surface area contributed by atoms with Crippen molar-refractivity contribution >= 4 is 11.5 Å². The van der Waals surface area contributed by atoms with Crippen molar-refractivity contribution < 1.29 is 4.92 Å². The Morgan fingerprint density at radius 3 is 2.95 bits per heavy atom. The monoisotopic (exact) mass is 262 g/mol. The quantitative estimate of drug-likeness (QED) is 0.478. The molecule has 0 unspecified atom stereocenters. The number of imidazole rings is 1. The molecule has 8 nitrogen and oxygen atoms in total. The molecule has 0 aromatic carbocycles. The number of nitrogens with zero attached hydrogens (tertiary/aromatic N) is 4. The number of nitrogens with one attached hydrogen (secondary N) is 1. The van der Waals surface area contributed by atoms with Crippen molar-refractivity contribution in [3.05, 3.63) is 40.5 Å². The first-order valence-corrected chi connectivity index (χ1v) is 5.81. The van der Waals surface area contributed by atoms with Gasteiger partial charge >= 0.3 is 0 Å². The molecule has 2 aromatic rings. The molecule has 0 fully saturated rings. The molecule has 0 bridgehead atoms. The molecule has 2 heterocycles. The van der Waals surface area contributed by atoms with Crippen molar-refractivity contribution in [2.75, 3.05) is 5.43 Å². The fraction of sp³-hybridized carbons (Fsp3) is 0.273. The van der Waals surface area contributed by atoms with Gasteiger partial charge in [-0.1, -0.05) is 6.92 Å². The van der Waals surface area contributed by atoms with Crippen LogP contribution in [-0.2, 0) is 6.42 Å². The standard InChI is InChI=1S/C11H14N6O2/c1-2-3-10-13-4-5-16(10)11-7-8(17(18)19)6-9(14-11)15-12/h4-7H,2-3,12H2,1H3,(H,14,15). The molecule has 0 saturated carbocycles. The lowest BCUT2D eigenvalue weighted by Gasteiger charge is -2.08. The molecule has 2 aromatic heterocycles. The smallest absolute Gasteiger partial charge is 0.276 e. The van der Waals surface area contributed by atoms with Gasteiger partial charge in [0, 0.05) is 18.8 Å². The molecule has 0 aliphatic heterocycles. The van der Waals surface area contributed by atoms with Gasteiger partial charge in [0.15, 0.2) is 0 Å². The van der Waals surface area contributed by atoms with Gasteiger partial charge in [0.05, 0.1) is 17.1 Å². The zero-order valence-electron chi connectivity index (χ0n) is 10.4. The molecule has 0 radical (unpaired) electrons. The molecular formula is C11H14N6O2. The van der Waals surface area contributed by atoms with Crippen LogP contribution < -0.4 is 11.3 Å². The van der Waals surface area contributed by atoms with E-state index in [1.54, 1.807) is 17.0 Å². The van der Waals surface area contributed by atoms with Gasteiger partial charge < -0.3 is 5.43 Å². The minimum atomic E-state index is -0.484. The van der Waals surface area contributed by atoms with Crippen molar-refractivity contribution in [1.29, 1.82) is 0 Å². The van der Waals surface area contributed by atoms with Gasteiger partial charge in [-0.25, -0.2) is 15.8 Å². The highest BCUT2D eigenvalue weighted by Crippen LogP contribution is 2.20. The van der Waals surface area contributed by atoms with Crippen molar-refractivity contribution in [3.63, 3.8) is 0 Å². The molecule has 0 saturated heterocycles. The maximum atomic E-state index is 10.9. The molecule has 0 aliphatic carbocycles. The number of hydrazine groups is 1. The Bertz CT molecular complexity index is 595. The highest BCUT2D eigenvalue weighted by atomic mass is 16.6. The van der Waals surface area contributed by atoms with Gasteiger partial charge in [0.25, 0.3) is 5.69 Å². The van der Waals surface area contributed by atoms with Crippen LogP contribution >= 0.6 is 0 Å². The summed E-state index contributed by atoms with van der Waals surface area (Å²) in [5, 5.41) is 10.9. The summed E-state index contributed by atoms with van der Waals surface area (Å²) in [6, 6.07) is 2.67. The van der Waals surface area contributed by atoms with Crippen LogP contribution in [0.25, 0.3) is 5.82 Å². The minimum absolute atomic E-state index is 0.0749. The van der Waals surface area contributed by atoms with Crippen LogP contribution in [0.5, 0.6) is 0 Å². The molecule has 0 amide bonds. The molecule has 19 heavy (non-hydrogen) atoms. The fourth-order valence-corrected chi connectivity index (χ4v) is 1.76. The summed E-state index contributed by atoms with van der Waals surface area (Å²) in [6.07, 6.45) is 5.05. The number of hydrogen-bond acceptors (Lipinski definition) is 6. The van der Waals surface area contributed by atoms with E-state index in [4.69, 9.17) is 5.84 Å². The maximum absolute atomic E-state index is 10.9. The van der Waals surface area contributed by atoms with Crippen molar-refractivity contribution in [1.82, 2.24) is 14.5 Å². The molecule has 0 aliphatic rings. The van der Waals surface area contributed by atoms with Crippen molar-refractivity contribution in [2.24, 2.45) is 5.84 Å². The van der Waals surface area contributed by atoms with E-state index >= 15 is 0 Å². The lowest BCUT2D eigenvalue weighted by atomic mass is 10.3. The number of pyridine rings is 1. The Morgan fingerprint density at radius 2 is 2.32 bits per heavy atom. The first kappa shape index (κ1) is 13.0. The van der Waals surface area contributed by atoms with E-state index in [1.807, 2.05) is 6.92 Å². The third-order valence-electron chi connectivity index (χ3n) is 2.59. The molecule has 0 atom stereocenters. The second kappa shape index (κ2) is 5.44. The number of nitrogens with two attached hydrogens (primary N) is 1. The summed E-state index contributed by atoms with van der Waals surface area (Å²) in [4.78, 5) is 18.8.